The van der Waals surface area contributed by atoms with Crippen LogP contribution in [0.1, 0.15) is 47.0 Å². The monoisotopic (exact) mass is 227 g/mol. The summed E-state index contributed by atoms with van der Waals surface area (Å²) in [6, 6.07) is 0. The van der Waals surface area contributed by atoms with Crippen molar-refractivity contribution in [3.05, 3.63) is 0 Å². The third kappa shape index (κ3) is 3.21. The number of likely N-dealkylation sites (tertiary alicyclic amines) is 1. The number of amides is 1. The molecule has 2 fully saturated rings. The van der Waals surface area contributed by atoms with Crippen molar-refractivity contribution < 1.29 is 9.53 Å². The lowest BCUT2D eigenvalue weighted by Gasteiger charge is -2.22. The molecule has 2 rings (SSSR count). The molecule has 0 unspecified atom stereocenters. The summed E-state index contributed by atoms with van der Waals surface area (Å²) in [7, 11) is 0. The molecular weight excluding hydrogens is 202 g/mol. The van der Waals surface area contributed by atoms with Crippen LogP contribution in [-0.4, -0.2) is 36.6 Å². The highest BCUT2D eigenvalue weighted by molar-refractivity contribution is 5.81. The normalized spacial score (nSPS) is 27.5. The second-order valence-corrected chi connectivity index (χ2v) is 5.18. The highest BCUT2D eigenvalue weighted by Gasteiger charge is 2.36. The first kappa shape index (κ1) is 13.5. The van der Waals surface area contributed by atoms with Crippen molar-refractivity contribution in [2.45, 2.75) is 53.1 Å². The van der Waals surface area contributed by atoms with Crippen LogP contribution in [0.2, 0.25) is 0 Å². The fourth-order valence-corrected chi connectivity index (χ4v) is 2.28. The van der Waals surface area contributed by atoms with E-state index in [2.05, 4.69) is 13.8 Å². The second-order valence-electron chi connectivity index (χ2n) is 5.18. The van der Waals surface area contributed by atoms with Crippen molar-refractivity contribution in [1.29, 1.82) is 0 Å². The average molecular weight is 227 g/mol. The Kier molecular flexibility index (Phi) is 4.78. The number of rotatable bonds is 1. The summed E-state index contributed by atoms with van der Waals surface area (Å²) in [5, 5.41) is 0. The van der Waals surface area contributed by atoms with Gasteiger partial charge in [0, 0.05) is 19.7 Å². The van der Waals surface area contributed by atoms with Crippen molar-refractivity contribution in [3.8, 4) is 0 Å². The molecule has 3 nitrogen and oxygen atoms in total. The van der Waals surface area contributed by atoms with Crippen LogP contribution in [0.4, 0.5) is 0 Å². The minimum Gasteiger partial charge on any atom is -0.368 e. The zero-order chi connectivity index (χ0) is 12.2. The van der Waals surface area contributed by atoms with Gasteiger partial charge in [-0.25, -0.2) is 0 Å². The quantitative estimate of drug-likeness (QED) is 0.688. The number of ether oxygens (including phenoxy) is 1. The maximum absolute atomic E-state index is 11.9. The number of hydrogen-bond acceptors (Lipinski definition) is 2. The second kappa shape index (κ2) is 5.67. The van der Waals surface area contributed by atoms with E-state index in [9.17, 15) is 4.79 Å². The minimum atomic E-state index is -0.135. The molecule has 94 valence electrons. The van der Waals surface area contributed by atoms with Crippen molar-refractivity contribution in [3.63, 3.8) is 0 Å². The molecule has 2 aliphatic rings. The van der Waals surface area contributed by atoms with E-state index in [-0.39, 0.29) is 12.0 Å². The summed E-state index contributed by atoms with van der Waals surface area (Å²) in [5.41, 5.74) is 0.300. The van der Waals surface area contributed by atoms with Gasteiger partial charge in [0.15, 0.2) is 0 Å². The Labute approximate surface area is 99.1 Å². The molecule has 0 aliphatic carbocycles. The third-order valence-electron chi connectivity index (χ3n) is 3.19. The predicted molar refractivity (Wildman–Crippen MR) is 65.3 cm³/mol. The number of carbonyl (C=O) groups excluding carboxylic acids is 1. The Morgan fingerprint density at radius 3 is 2.50 bits per heavy atom. The van der Waals surface area contributed by atoms with Gasteiger partial charge in [0.1, 0.15) is 6.10 Å². The standard InChI is InChI=1S/C11H19NO2.C2H6/c1-11(2)5-6-12(8-11)10(13)9-4-3-7-14-9;1-2/h9H,3-8H2,1-2H3;1-2H3/t9-;/m0./s1. The summed E-state index contributed by atoms with van der Waals surface area (Å²) in [4.78, 5) is 13.9. The number of nitrogens with zero attached hydrogens (tertiary/aromatic N) is 1. The van der Waals surface area contributed by atoms with Crippen LogP contribution in [0.15, 0.2) is 0 Å². The molecule has 0 radical (unpaired) electrons. The van der Waals surface area contributed by atoms with Gasteiger partial charge in [0.2, 0.25) is 0 Å². The fraction of sp³-hybridized carbons (Fsp3) is 0.923. The maximum Gasteiger partial charge on any atom is 0.251 e. The van der Waals surface area contributed by atoms with Gasteiger partial charge >= 0.3 is 0 Å². The van der Waals surface area contributed by atoms with Crippen molar-refractivity contribution in [1.82, 2.24) is 4.90 Å². The lowest BCUT2D eigenvalue weighted by atomic mass is 9.93. The van der Waals surface area contributed by atoms with Crippen LogP contribution in [0, 0.1) is 5.41 Å². The first-order chi connectivity index (χ1) is 7.58. The molecule has 0 aromatic rings. The molecular formula is C13H25NO2. The topological polar surface area (TPSA) is 29.5 Å². The van der Waals surface area contributed by atoms with Gasteiger partial charge in [0.25, 0.3) is 5.91 Å². The zero-order valence-electron chi connectivity index (χ0n) is 11.1. The molecule has 1 atom stereocenters. The molecule has 0 bridgehead atoms. The van der Waals surface area contributed by atoms with Gasteiger partial charge in [-0.1, -0.05) is 27.7 Å². The SMILES string of the molecule is CC.CC1(C)CCN(C(=O)[C@@H]2CCCO2)C1. The zero-order valence-corrected chi connectivity index (χ0v) is 11.1. The van der Waals surface area contributed by atoms with Crippen molar-refractivity contribution in [2.24, 2.45) is 5.41 Å². The molecule has 0 aromatic carbocycles. The van der Waals surface area contributed by atoms with Crippen LogP contribution < -0.4 is 0 Å². The molecule has 1 amide bonds. The lowest BCUT2D eigenvalue weighted by molar-refractivity contribution is -0.140. The average Bonchev–Trinajstić information content (AvgIpc) is 2.89. The summed E-state index contributed by atoms with van der Waals surface area (Å²) in [6.45, 7) is 11.0. The van der Waals surface area contributed by atoms with E-state index in [4.69, 9.17) is 4.74 Å². The highest BCUT2D eigenvalue weighted by Crippen LogP contribution is 2.30. The van der Waals surface area contributed by atoms with Crippen LogP contribution in [0.5, 0.6) is 0 Å². The fourth-order valence-electron chi connectivity index (χ4n) is 2.28. The Morgan fingerprint density at radius 2 is 2.06 bits per heavy atom. The van der Waals surface area contributed by atoms with E-state index in [1.54, 1.807) is 0 Å². The first-order valence-electron chi connectivity index (χ1n) is 6.49. The molecule has 3 heteroatoms. The largest absolute Gasteiger partial charge is 0.368 e. The van der Waals surface area contributed by atoms with Crippen LogP contribution in [-0.2, 0) is 9.53 Å². The molecule has 2 saturated heterocycles. The van der Waals surface area contributed by atoms with E-state index in [0.717, 1.165) is 39.0 Å². The molecule has 0 saturated carbocycles. The molecule has 2 aliphatic heterocycles. The van der Waals surface area contributed by atoms with E-state index >= 15 is 0 Å². The van der Waals surface area contributed by atoms with Crippen molar-refractivity contribution in [2.75, 3.05) is 19.7 Å². The third-order valence-corrected chi connectivity index (χ3v) is 3.19. The molecule has 0 N–H and O–H groups in total. The smallest absolute Gasteiger partial charge is 0.251 e. The summed E-state index contributed by atoms with van der Waals surface area (Å²) < 4.78 is 5.40. The first-order valence-corrected chi connectivity index (χ1v) is 6.49. The molecule has 0 aromatic heterocycles. The van der Waals surface area contributed by atoms with Gasteiger partial charge in [0.05, 0.1) is 0 Å². The van der Waals surface area contributed by atoms with E-state index in [1.807, 2.05) is 18.7 Å². The molecule has 0 spiro atoms. The van der Waals surface area contributed by atoms with E-state index in [1.165, 1.54) is 0 Å². The Balaban J connectivity index is 0.000000606. The predicted octanol–water partition coefficient (Wildman–Crippen LogP) is 2.45. The maximum atomic E-state index is 11.9. The van der Waals surface area contributed by atoms with Crippen molar-refractivity contribution >= 4 is 5.91 Å². The minimum absolute atomic E-state index is 0.135. The van der Waals surface area contributed by atoms with Gasteiger partial charge in [-0.05, 0) is 24.7 Å². The lowest BCUT2D eigenvalue weighted by Crippen LogP contribution is -2.38. The Bertz CT molecular complexity index is 232. The summed E-state index contributed by atoms with van der Waals surface area (Å²) >= 11 is 0. The summed E-state index contributed by atoms with van der Waals surface area (Å²) in [5.74, 6) is 0.216. The van der Waals surface area contributed by atoms with Crippen LogP contribution in [0.25, 0.3) is 0 Å². The van der Waals surface area contributed by atoms with E-state index < -0.39 is 0 Å². The van der Waals surface area contributed by atoms with Gasteiger partial charge in [-0.2, -0.15) is 0 Å². The van der Waals surface area contributed by atoms with Crippen LogP contribution in [0.3, 0.4) is 0 Å². The Morgan fingerprint density at radius 1 is 1.38 bits per heavy atom. The van der Waals surface area contributed by atoms with Gasteiger partial charge in [-0.3, -0.25) is 4.79 Å². The van der Waals surface area contributed by atoms with Gasteiger partial charge in [-0.15, -0.1) is 0 Å². The number of carbonyl (C=O) groups is 1. The van der Waals surface area contributed by atoms with Gasteiger partial charge < -0.3 is 9.64 Å². The summed E-state index contributed by atoms with van der Waals surface area (Å²) in [6.07, 6.45) is 2.93. The van der Waals surface area contributed by atoms with E-state index in [0.29, 0.717) is 5.41 Å². The molecule has 16 heavy (non-hydrogen) atoms. The number of hydrogen-bond donors (Lipinski definition) is 0. The highest BCUT2D eigenvalue weighted by atomic mass is 16.5. The van der Waals surface area contributed by atoms with Crippen LogP contribution >= 0.6 is 0 Å². The Hall–Kier alpha value is -0.570. The molecule has 2 heterocycles.